The van der Waals surface area contributed by atoms with Crippen molar-refractivity contribution in [2.45, 2.75) is 37.8 Å². The van der Waals surface area contributed by atoms with Crippen LogP contribution in [-0.2, 0) is 25.5 Å². The molecule has 1 amide bonds. The van der Waals surface area contributed by atoms with E-state index in [1.54, 1.807) is 6.20 Å². The molecule has 0 fully saturated rings. The average molecular weight is 411 g/mol. The number of nitriles is 1. The summed E-state index contributed by atoms with van der Waals surface area (Å²) in [4.78, 5) is 41.3. The zero-order valence-corrected chi connectivity index (χ0v) is 16.1. The number of carboxylic acid groups (broad SMARTS) is 1. The van der Waals surface area contributed by atoms with Crippen LogP contribution >= 0.6 is 0 Å². The lowest BCUT2D eigenvalue weighted by Gasteiger charge is -2.20. The number of rotatable bonds is 12. The van der Waals surface area contributed by atoms with Crippen LogP contribution in [0.3, 0.4) is 0 Å². The van der Waals surface area contributed by atoms with E-state index in [2.05, 4.69) is 15.1 Å². The maximum absolute atomic E-state index is 12.7. The zero-order chi connectivity index (χ0) is 21.9. The molecule has 2 aromatic rings. The molecule has 0 saturated carbocycles. The van der Waals surface area contributed by atoms with Crippen molar-refractivity contribution in [3.63, 3.8) is 0 Å². The quantitative estimate of drug-likeness (QED) is 0.205. The predicted molar refractivity (Wildman–Crippen MR) is 105 cm³/mol. The molecule has 30 heavy (non-hydrogen) atoms. The van der Waals surface area contributed by atoms with Gasteiger partial charge in [-0.15, -0.1) is 0 Å². The van der Waals surface area contributed by atoms with Crippen LogP contribution in [0.5, 0.6) is 0 Å². The zero-order valence-electron chi connectivity index (χ0n) is 16.1. The molecule has 2 rings (SSSR count). The molecule has 0 bridgehead atoms. The molecule has 0 aliphatic heterocycles. The minimum Gasteiger partial charge on any atom is -0.480 e. The molecule has 156 valence electrons. The lowest BCUT2D eigenvalue weighted by atomic mass is 10.0. The number of fused-ring (bicyclic) bond motifs is 1. The van der Waals surface area contributed by atoms with Crippen LogP contribution in [0.2, 0.25) is 0 Å². The average Bonchev–Trinajstić information content (AvgIpc) is 3.13. The number of Topliss-reactive ketones (excluding diaryl/α,β-unsaturated/α-hetero) is 1. The first-order valence-corrected chi connectivity index (χ1v) is 9.23. The number of nitrogens with zero attached hydrogens (tertiary/aromatic N) is 3. The van der Waals surface area contributed by atoms with Crippen LogP contribution in [-0.4, -0.2) is 57.5 Å². The molecule has 0 spiro atoms. The Morgan fingerprint density at radius 1 is 1.37 bits per heavy atom. The number of benzene rings is 1. The molecular weight excluding hydrogens is 390 g/mol. The molecule has 3 N–H and O–H groups in total. The first-order valence-electron chi connectivity index (χ1n) is 9.23. The van der Waals surface area contributed by atoms with E-state index in [-0.39, 0.29) is 32.3 Å². The fourth-order valence-electron chi connectivity index (χ4n) is 2.91. The second-order valence-corrected chi connectivity index (χ2v) is 6.48. The smallest absolute Gasteiger partial charge is 0.326 e. The number of ether oxygens (including phenoxy) is 1. The van der Waals surface area contributed by atoms with E-state index >= 15 is 0 Å². The highest BCUT2D eigenvalue weighted by Crippen LogP contribution is 2.20. The number of hydrogen-bond donors (Lipinski definition) is 3. The molecule has 1 aromatic heterocycles. The Kier molecular flexibility index (Phi) is 8.44. The van der Waals surface area contributed by atoms with Gasteiger partial charge in [-0.1, -0.05) is 18.2 Å². The van der Waals surface area contributed by atoms with E-state index in [0.29, 0.717) is 6.21 Å². The molecule has 1 heterocycles. The molecule has 2 atom stereocenters. The summed E-state index contributed by atoms with van der Waals surface area (Å²) in [6, 6.07) is 8.11. The maximum atomic E-state index is 12.7. The van der Waals surface area contributed by atoms with Crippen LogP contribution < -0.4 is 5.32 Å². The number of aliphatic carboxylic acids is 1. The Labute approximate surface area is 172 Å². The highest BCUT2D eigenvalue weighted by Gasteiger charge is 2.27. The van der Waals surface area contributed by atoms with Gasteiger partial charge in [-0.25, -0.2) is 4.79 Å². The summed E-state index contributed by atoms with van der Waals surface area (Å²) in [5.74, 6) is -2.53. The number of aromatic amines is 1. The summed E-state index contributed by atoms with van der Waals surface area (Å²) < 4.78 is 5.55. The van der Waals surface area contributed by atoms with Crippen molar-refractivity contribution in [3.05, 3.63) is 41.6 Å². The summed E-state index contributed by atoms with van der Waals surface area (Å²) in [5.41, 5.74) is 10.0. The van der Waals surface area contributed by atoms with Gasteiger partial charge in [0, 0.05) is 29.9 Å². The summed E-state index contributed by atoms with van der Waals surface area (Å²) >= 11 is 0. The van der Waals surface area contributed by atoms with Crippen LogP contribution in [0.1, 0.15) is 24.8 Å². The minimum atomic E-state index is -1.32. The number of para-hydroxylation sites is 1. The Morgan fingerprint density at radius 2 is 2.13 bits per heavy atom. The van der Waals surface area contributed by atoms with E-state index in [0.717, 1.165) is 16.5 Å². The molecule has 10 nitrogen and oxygen atoms in total. The largest absolute Gasteiger partial charge is 0.480 e. The van der Waals surface area contributed by atoms with E-state index in [4.69, 9.17) is 15.5 Å². The van der Waals surface area contributed by atoms with E-state index in [1.165, 1.54) is 0 Å². The number of aromatic nitrogens is 1. The Balaban J connectivity index is 2.12. The summed E-state index contributed by atoms with van der Waals surface area (Å²) in [6.45, 7) is 0.0140. The topological polar surface area (TPSA) is 169 Å². The van der Waals surface area contributed by atoms with Crippen LogP contribution in [0, 0.1) is 11.3 Å². The number of carbonyl (C=O) groups is 3. The van der Waals surface area contributed by atoms with Gasteiger partial charge < -0.3 is 25.7 Å². The van der Waals surface area contributed by atoms with Crippen molar-refractivity contribution in [1.82, 2.24) is 10.3 Å². The number of carboxylic acids is 1. The number of nitrogens with one attached hydrogen (secondary N) is 2. The van der Waals surface area contributed by atoms with Gasteiger partial charge in [-0.2, -0.15) is 10.1 Å². The molecular formula is C20H21N5O5. The van der Waals surface area contributed by atoms with Crippen molar-refractivity contribution >= 4 is 34.8 Å². The van der Waals surface area contributed by atoms with Gasteiger partial charge in [0.1, 0.15) is 12.1 Å². The van der Waals surface area contributed by atoms with Gasteiger partial charge in [-0.05, 0) is 18.1 Å². The first-order chi connectivity index (χ1) is 14.5. The fourth-order valence-corrected chi connectivity index (χ4v) is 2.91. The van der Waals surface area contributed by atoms with Gasteiger partial charge in [0.15, 0.2) is 0 Å². The van der Waals surface area contributed by atoms with Crippen LogP contribution in [0.4, 0.5) is 0 Å². The number of ketones is 1. The van der Waals surface area contributed by atoms with E-state index in [1.807, 2.05) is 30.3 Å². The number of H-pyrrole nitrogens is 1. The third-order valence-electron chi connectivity index (χ3n) is 4.40. The third kappa shape index (κ3) is 6.38. The van der Waals surface area contributed by atoms with Gasteiger partial charge in [-0.3, -0.25) is 9.59 Å². The van der Waals surface area contributed by atoms with Crippen molar-refractivity contribution in [2.24, 2.45) is 0 Å². The standard InChI is InChI=1S/C20H21N5O5/c21-8-3-9-30-18(10-13-11-23-16-5-2-1-4-15(13)16)19(27)25-17(20(28)29)7-6-14(26)12-24-22/h1-2,4-5,11-12,17-18,23H,3,6-7,9-10H2,(H,25,27)(H,28,29). The Bertz CT molecular complexity index is 1000. The Morgan fingerprint density at radius 3 is 2.83 bits per heavy atom. The number of amides is 1. The van der Waals surface area contributed by atoms with Crippen molar-refractivity contribution < 1.29 is 29.0 Å². The monoisotopic (exact) mass is 411 g/mol. The fraction of sp³-hybridized carbons (Fsp3) is 0.350. The van der Waals surface area contributed by atoms with E-state index in [9.17, 15) is 19.5 Å². The van der Waals surface area contributed by atoms with Crippen molar-refractivity contribution in [1.29, 1.82) is 5.26 Å². The lowest BCUT2D eigenvalue weighted by molar-refractivity contribution is -0.144. The molecule has 2 unspecified atom stereocenters. The second kappa shape index (κ2) is 11.3. The number of carbonyl (C=O) groups excluding carboxylic acids is 2. The third-order valence-corrected chi connectivity index (χ3v) is 4.40. The lowest BCUT2D eigenvalue weighted by Crippen LogP contribution is -2.47. The second-order valence-electron chi connectivity index (χ2n) is 6.48. The SMILES string of the molecule is N#CCCOC(Cc1c[nH]c2ccccc12)C(=O)NC(CCC(=O)C=[N+]=[N-])C(=O)O. The minimum absolute atomic E-state index is 0.0140. The van der Waals surface area contributed by atoms with Crippen molar-refractivity contribution in [3.8, 4) is 6.07 Å². The van der Waals surface area contributed by atoms with Gasteiger partial charge in [0.05, 0.1) is 19.1 Å². The van der Waals surface area contributed by atoms with Crippen LogP contribution in [0.15, 0.2) is 30.5 Å². The Hall–Kier alpha value is -3.80. The maximum Gasteiger partial charge on any atom is 0.326 e. The first kappa shape index (κ1) is 22.5. The molecule has 0 radical (unpaired) electrons. The van der Waals surface area contributed by atoms with Crippen molar-refractivity contribution in [2.75, 3.05) is 6.61 Å². The van der Waals surface area contributed by atoms with Gasteiger partial charge >= 0.3 is 12.2 Å². The molecule has 0 saturated heterocycles. The van der Waals surface area contributed by atoms with Gasteiger partial charge in [0.25, 0.3) is 0 Å². The highest BCUT2D eigenvalue weighted by molar-refractivity contribution is 6.25. The van der Waals surface area contributed by atoms with Gasteiger partial charge in [0.2, 0.25) is 11.7 Å². The molecule has 1 aromatic carbocycles. The summed E-state index contributed by atoms with van der Waals surface area (Å²) in [7, 11) is 0. The molecule has 0 aliphatic rings. The molecule has 0 aliphatic carbocycles. The summed E-state index contributed by atoms with van der Waals surface area (Å²) in [5, 5.41) is 21.4. The number of hydrogen-bond acceptors (Lipinski definition) is 5. The summed E-state index contributed by atoms with van der Waals surface area (Å²) in [6.07, 6.45) is 1.26. The highest BCUT2D eigenvalue weighted by atomic mass is 16.5. The predicted octanol–water partition coefficient (Wildman–Crippen LogP) is 1.23. The van der Waals surface area contributed by atoms with E-state index < -0.39 is 29.8 Å². The normalized spacial score (nSPS) is 12.4. The van der Waals surface area contributed by atoms with Crippen LogP contribution in [0.25, 0.3) is 16.4 Å². The molecule has 10 heteroatoms.